The van der Waals surface area contributed by atoms with E-state index in [0.717, 1.165) is 31.4 Å². The fraction of sp³-hybridized carbons (Fsp3) is 0.579. The molecule has 2 fully saturated rings. The van der Waals surface area contributed by atoms with Crippen molar-refractivity contribution >= 4 is 11.8 Å². The zero-order valence-electron chi connectivity index (χ0n) is 14.7. The normalized spacial score (nSPS) is 23.6. The van der Waals surface area contributed by atoms with Crippen LogP contribution in [0.2, 0.25) is 0 Å². The molecule has 0 aliphatic carbocycles. The molecule has 0 aromatic heterocycles. The monoisotopic (exact) mass is 366 g/mol. The number of rotatable bonds is 4. The van der Waals surface area contributed by atoms with E-state index in [9.17, 15) is 18.4 Å². The molecule has 1 aromatic rings. The molecule has 2 aliphatic heterocycles. The van der Waals surface area contributed by atoms with Crippen molar-refractivity contribution in [1.82, 2.24) is 9.80 Å². The number of β-amino-alcohol motifs (C(OH)–C–C–N with tert-alkyl or cyclic N) is 1. The van der Waals surface area contributed by atoms with Gasteiger partial charge in [-0.1, -0.05) is 6.07 Å². The van der Waals surface area contributed by atoms with Crippen molar-refractivity contribution in [3.63, 3.8) is 0 Å². The van der Waals surface area contributed by atoms with Gasteiger partial charge in [-0.05, 0) is 30.9 Å². The largest absolute Gasteiger partial charge is 0.395 e. The van der Waals surface area contributed by atoms with Crippen LogP contribution in [0.4, 0.5) is 8.78 Å². The molecule has 26 heavy (non-hydrogen) atoms. The summed E-state index contributed by atoms with van der Waals surface area (Å²) < 4.78 is 26.9. The molecule has 2 amide bonds. The fourth-order valence-electron chi connectivity index (χ4n) is 4.12. The van der Waals surface area contributed by atoms with Gasteiger partial charge >= 0.3 is 0 Å². The predicted molar refractivity (Wildman–Crippen MR) is 91.2 cm³/mol. The van der Waals surface area contributed by atoms with Crippen molar-refractivity contribution in [2.75, 3.05) is 32.8 Å². The van der Waals surface area contributed by atoms with E-state index in [2.05, 4.69) is 0 Å². The lowest BCUT2D eigenvalue weighted by atomic mass is 9.73. The van der Waals surface area contributed by atoms with Gasteiger partial charge in [-0.2, -0.15) is 0 Å². The van der Waals surface area contributed by atoms with E-state index in [1.165, 1.54) is 6.07 Å². The molecule has 1 N–H and O–H groups in total. The van der Waals surface area contributed by atoms with Crippen molar-refractivity contribution in [1.29, 1.82) is 0 Å². The van der Waals surface area contributed by atoms with Crippen LogP contribution in [-0.4, -0.2) is 59.5 Å². The Hall–Kier alpha value is -2.02. The minimum atomic E-state index is -0.706. The van der Waals surface area contributed by atoms with Crippen LogP contribution in [-0.2, 0) is 16.0 Å². The summed E-state index contributed by atoms with van der Waals surface area (Å²) in [4.78, 5) is 28.1. The second kappa shape index (κ2) is 7.70. The van der Waals surface area contributed by atoms with Crippen molar-refractivity contribution in [3.8, 4) is 0 Å². The van der Waals surface area contributed by atoms with E-state index in [4.69, 9.17) is 5.11 Å². The summed E-state index contributed by atoms with van der Waals surface area (Å²) in [6.07, 6.45) is 2.81. The zero-order chi connectivity index (χ0) is 18.7. The summed E-state index contributed by atoms with van der Waals surface area (Å²) >= 11 is 0. The van der Waals surface area contributed by atoms with Gasteiger partial charge < -0.3 is 14.9 Å². The first-order valence-corrected chi connectivity index (χ1v) is 9.03. The van der Waals surface area contributed by atoms with Crippen LogP contribution in [0.5, 0.6) is 0 Å². The fourth-order valence-corrected chi connectivity index (χ4v) is 4.12. The number of hydrogen-bond acceptors (Lipinski definition) is 3. The molecule has 1 atom stereocenters. The number of benzene rings is 1. The lowest BCUT2D eigenvalue weighted by molar-refractivity contribution is -0.143. The van der Waals surface area contributed by atoms with Gasteiger partial charge in [-0.3, -0.25) is 9.59 Å². The standard InChI is InChI=1S/C19H24F2N2O3/c20-15-3-2-14(16(21)11-15)10-18(26)22-7-1-5-19(12-22)6-4-17(25)23(13-19)8-9-24/h2-3,11,24H,1,4-10,12-13H2/t19-/m0/s1. The average Bonchev–Trinajstić information content (AvgIpc) is 2.61. The maximum absolute atomic E-state index is 13.8. The third kappa shape index (κ3) is 4.03. The Kier molecular flexibility index (Phi) is 5.55. The van der Waals surface area contributed by atoms with Crippen LogP contribution in [0.1, 0.15) is 31.2 Å². The van der Waals surface area contributed by atoms with Crippen molar-refractivity contribution in [2.24, 2.45) is 5.41 Å². The van der Waals surface area contributed by atoms with Crippen LogP contribution in [0.15, 0.2) is 18.2 Å². The summed E-state index contributed by atoms with van der Waals surface area (Å²) in [5, 5.41) is 9.15. The van der Waals surface area contributed by atoms with E-state index in [1.54, 1.807) is 9.80 Å². The van der Waals surface area contributed by atoms with Crippen LogP contribution in [0, 0.1) is 17.0 Å². The number of hydrogen-bond donors (Lipinski definition) is 1. The first kappa shape index (κ1) is 18.8. The number of nitrogens with zero attached hydrogens (tertiary/aromatic N) is 2. The molecule has 0 bridgehead atoms. The summed E-state index contributed by atoms with van der Waals surface area (Å²) in [5.74, 6) is -1.50. The first-order valence-electron chi connectivity index (χ1n) is 9.03. The minimum absolute atomic E-state index is 0.0431. The number of piperidine rings is 2. The quantitative estimate of drug-likeness (QED) is 0.883. The Balaban J connectivity index is 1.67. The SMILES string of the molecule is O=C1CC[C@]2(CCCN(C(=O)Cc3ccc(F)cc3F)C2)CN1CCO. The van der Waals surface area contributed by atoms with Crippen LogP contribution >= 0.6 is 0 Å². The average molecular weight is 366 g/mol. The van der Waals surface area contributed by atoms with E-state index in [0.29, 0.717) is 32.6 Å². The van der Waals surface area contributed by atoms with Gasteiger partial charge in [-0.15, -0.1) is 0 Å². The number of aliphatic hydroxyl groups excluding tert-OH is 1. The third-order valence-electron chi connectivity index (χ3n) is 5.49. The van der Waals surface area contributed by atoms with Crippen molar-refractivity contribution in [2.45, 2.75) is 32.1 Å². The summed E-state index contributed by atoms with van der Waals surface area (Å²) in [5.41, 5.74) is 0.0370. The van der Waals surface area contributed by atoms with Crippen molar-refractivity contribution in [3.05, 3.63) is 35.4 Å². The van der Waals surface area contributed by atoms with E-state index in [-0.39, 0.29) is 35.8 Å². The number of aliphatic hydroxyl groups is 1. The second-order valence-electron chi connectivity index (χ2n) is 7.37. The Bertz CT molecular complexity index is 697. The molecule has 2 heterocycles. The smallest absolute Gasteiger partial charge is 0.227 e. The highest BCUT2D eigenvalue weighted by atomic mass is 19.1. The highest BCUT2D eigenvalue weighted by Crippen LogP contribution is 2.39. The summed E-state index contributed by atoms with van der Waals surface area (Å²) in [6.45, 7) is 1.92. The molecule has 7 heteroatoms. The molecule has 142 valence electrons. The van der Waals surface area contributed by atoms with E-state index in [1.807, 2.05) is 0 Å². The molecule has 5 nitrogen and oxygen atoms in total. The molecular weight excluding hydrogens is 342 g/mol. The molecular formula is C19H24F2N2O3. The maximum Gasteiger partial charge on any atom is 0.227 e. The molecule has 1 spiro atoms. The highest BCUT2D eigenvalue weighted by Gasteiger charge is 2.42. The molecule has 2 aliphatic rings. The van der Waals surface area contributed by atoms with E-state index < -0.39 is 11.6 Å². The second-order valence-corrected chi connectivity index (χ2v) is 7.37. The maximum atomic E-state index is 13.8. The summed E-state index contributed by atoms with van der Waals surface area (Å²) in [6, 6.07) is 3.26. The van der Waals surface area contributed by atoms with Gasteiger partial charge in [0.2, 0.25) is 11.8 Å². The van der Waals surface area contributed by atoms with Gasteiger partial charge in [0.15, 0.2) is 0 Å². The number of carbonyl (C=O) groups is 2. The Morgan fingerprint density at radius 3 is 2.77 bits per heavy atom. The third-order valence-corrected chi connectivity index (χ3v) is 5.49. The van der Waals surface area contributed by atoms with Gasteiger partial charge in [-0.25, -0.2) is 8.78 Å². The Labute approximate surface area is 151 Å². The number of amides is 2. The number of likely N-dealkylation sites (tertiary alicyclic amines) is 2. The highest BCUT2D eigenvalue weighted by molar-refractivity contribution is 5.79. The lowest BCUT2D eigenvalue weighted by Crippen LogP contribution is -2.55. The first-order chi connectivity index (χ1) is 12.4. The Morgan fingerprint density at radius 1 is 1.23 bits per heavy atom. The van der Waals surface area contributed by atoms with E-state index >= 15 is 0 Å². The van der Waals surface area contributed by atoms with Gasteiger partial charge in [0.05, 0.1) is 13.0 Å². The topological polar surface area (TPSA) is 60.9 Å². The van der Waals surface area contributed by atoms with Crippen molar-refractivity contribution < 1.29 is 23.5 Å². The predicted octanol–water partition coefficient (Wildman–Crippen LogP) is 1.73. The number of halogens is 2. The lowest BCUT2D eigenvalue weighted by Gasteiger charge is -2.48. The van der Waals surface area contributed by atoms with Gasteiger partial charge in [0.1, 0.15) is 11.6 Å². The molecule has 3 rings (SSSR count). The van der Waals surface area contributed by atoms with Crippen LogP contribution < -0.4 is 0 Å². The molecule has 0 unspecified atom stereocenters. The Morgan fingerprint density at radius 2 is 2.04 bits per heavy atom. The van der Waals surface area contributed by atoms with Crippen LogP contribution in [0.25, 0.3) is 0 Å². The molecule has 0 radical (unpaired) electrons. The van der Waals surface area contributed by atoms with Gasteiger partial charge in [0.25, 0.3) is 0 Å². The molecule has 1 aromatic carbocycles. The number of carbonyl (C=O) groups excluding carboxylic acids is 2. The summed E-state index contributed by atoms with van der Waals surface area (Å²) in [7, 11) is 0. The zero-order valence-corrected chi connectivity index (χ0v) is 14.7. The van der Waals surface area contributed by atoms with Gasteiger partial charge in [0, 0.05) is 44.1 Å². The minimum Gasteiger partial charge on any atom is -0.395 e. The van der Waals surface area contributed by atoms with Crippen LogP contribution in [0.3, 0.4) is 0 Å². The molecule has 2 saturated heterocycles. The molecule has 0 saturated carbocycles.